The molecule has 0 bridgehead atoms. The fourth-order valence-corrected chi connectivity index (χ4v) is 5.29. The molecule has 1 atom stereocenters. The van der Waals surface area contributed by atoms with E-state index in [1.807, 2.05) is 13.0 Å². The van der Waals surface area contributed by atoms with E-state index in [2.05, 4.69) is 15.3 Å². The average molecular weight is 626 g/mol. The maximum Gasteiger partial charge on any atom is 0.409 e. The summed E-state index contributed by atoms with van der Waals surface area (Å²) in [7, 11) is -3.18. The van der Waals surface area contributed by atoms with Gasteiger partial charge in [-0.05, 0) is 36.8 Å². The van der Waals surface area contributed by atoms with Gasteiger partial charge in [0.15, 0.2) is 5.82 Å². The number of nitrogens with zero attached hydrogens (tertiary/aromatic N) is 4. The van der Waals surface area contributed by atoms with Crippen LogP contribution in [0.3, 0.4) is 0 Å². The lowest BCUT2D eigenvalue weighted by atomic mass is 10.1. The predicted molar refractivity (Wildman–Crippen MR) is 162 cm³/mol. The highest BCUT2D eigenvalue weighted by Crippen LogP contribution is 2.35. The Bertz CT molecular complexity index is 1490. The molecular weight excluding hydrogens is 589 g/mol. The van der Waals surface area contributed by atoms with E-state index in [0.717, 1.165) is 12.8 Å². The topological polar surface area (TPSA) is 171 Å². The van der Waals surface area contributed by atoms with E-state index in [1.54, 1.807) is 55.6 Å². The summed E-state index contributed by atoms with van der Waals surface area (Å²) in [5.41, 5.74) is 1.65. The maximum absolute atomic E-state index is 13.5. The summed E-state index contributed by atoms with van der Waals surface area (Å²) in [6, 6.07) is 16.0. The number of carbonyl (C=O) groups excluding carboxylic acids is 3. The van der Waals surface area contributed by atoms with Gasteiger partial charge in [0.1, 0.15) is 17.5 Å². The van der Waals surface area contributed by atoms with Gasteiger partial charge in [-0.3, -0.25) is 14.2 Å². The zero-order chi connectivity index (χ0) is 31.7. The molecular formula is C30H36N5O8P. The number of benzene rings is 2. The zero-order valence-electron chi connectivity index (χ0n) is 24.6. The number of aromatic nitrogens is 2. The molecule has 2 heterocycles. The van der Waals surface area contributed by atoms with Crippen molar-refractivity contribution in [2.75, 3.05) is 46.1 Å². The second-order valence-corrected chi connectivity index (χ2v) is 11.9. The van der Waals surface area contributed by atoms with Crippen LogP contribution in [0.15, 0.2) is 60.7 Å². The molecule has 13 nitrogen and oxygen atoms in total. The third-order valence-electron chi connectivity index (χ3n) is 6.97. The minimum atomic E-state index is -4.73. The number of rotatable bonds is 11. The van der Waals surface area contributed by atoms with Crippen LogP contribution in [0.25, 0.3) is 22.6 Å². The van der Waals surface area contributed by atoms with Crippen molar-refractivity contribution in [3.05, 3.63) is 66.4 Å². The number of ether oxygens (including phenoxy) is 2. The molecule has 3 amide bonds. The number of methoxy groups -OCH3 is 1. The van der Waals surface area contributed by atoms with Crippen molar-refractivity contribution in [2.45, 2.75) is 25.8 Å². The largest absolute Gasteiger partial charge is 0.497 e. The molecule has 234 valence electrons. The minimum absolute atomic E-state index is 0.0900. The molecule has 1 fully saturated rings. The van der Waals surface area contributed by atoms with E-state index in [0.29, 0.717) is 29.2 Å². The third kappa shape index (κ3) is 8.85. The Morgan fingerprint density at radius 2 is 1.61 bits per heavy atom. The van der Waals surface area contributed by atoms with E-state index in [1.165, 1.54) is 15.9 Å². The van der Waals surface area contributed by atoms with Crippen LogP contribution in [0.4, 0.5) is 4.79 Å². The standard InChI is InChI=1S/C30H36N5O8P/c1-3-4-18-43-30(38)35-16-14-34(15-17-35)29(37)26(20-44(39,40)41)33-28(36)25-19-24(21-10-12-23(42-2)13-11-21)31-27(32-25)22-8-6-5-7-9-22/h5-13,19,26H,3-4,14-18,20H2,1-2H3,(H,33,36)(H2,39,40,41)/t26-/m0/s1. The van der Waals surface area contributed by atoms with Gasteiger partial charge in [-0.15, -0.1) is 0 Å². The molecule has 0 aliphatic carbocycles. The van der Waals surface area contributed by atoms with Crippen LogP contribution in [0.1, 0.15) is 30.3 Å². The van der Waals surface area contributed by atoms with Gasteiger partial charge in [-0.25, -0.2) is 14.8 Å². The highest BCUT2D eigenvalue weighted by atomic mass is 31.2. The Morgan fingerprint density at radius 1 is 0.955 bits per heavy atom. The Hall–Kier alpha value is -4.32. The lowest BCUT2D eigenvalue weighted by Gasteiger charge is -2.36. The summed E-state index contributed by atoms with van der Waals surface area (Å²) in [6.07, 6.45) is 0.248. The van der Waals surface area contributed by atoms with Crippen molar-refractivity contribution >= 4 is 25.5 Å². The van der Waals surface area contributed by atoms with Crippen LogP contribution in [0.2, 0.25) is 0 Å². The highest BCUT2D eigenvalue weighted by Gasteiger charge is 2.35. The van der Waals surface area contributed by atoms with Crippen molar-refractivity contribution in [1.82, 2.24) is 25.1 Å². The van der Waals surface area contributed by atoms with Gasteiger partial charge in [-0.1, -0.05) is 43.7 Å². The number of nitrogens with one attached hydrogen (secondary N) is 1. The normalized spacial score (nSPS) is 14.1. The number of carbonyl (C=O) groups is 3. The molecule has 4 rings (SSSR count). The van der Waals surface area contributed by atoms with Crippen LogP contribution in [0.5, 0.6) is 5.75 Å². The van der Waals surface area contributed by atoms with Gasteiger partial charge in [0, 0.05) is 37.3 Å². The molecule has 1 aliphatic heterocycles. The van der Waals surface area contributed by atoms with Crippen molar-refractivity contribution in [2.24, 2.45) is 0 Å². The second-order valence-electron chi connectivity index (χ2n) is 10.2. The molecule has 2 aromatic carbocycles. The Labute approximate surface area is 255 Å². The molecule has 0 spiro atoms. The first-order valence-corrected chi connectivity index (χ1v) is 16.0. The van der Waals surface area contributed by atoms with E-state index in [-0.39, 0.29) is 37.7 Å². The number of amides is 3. The van der Waals surface area contributed by atoms with Crippen LogP contribution in [-0.2, 0) is 14.1 Å². The van der Waals surface area contributed by atoms with Crippen molar-refractivity contribution in [3.63, 3.8) is 0 Å². The minimum Gasteiger partial charge on any atom is -0.497 e. The first-order valence-electron chi connectivity index (χ1n) is 14.2. The number of piperazine rings is 1. The molecule has 1 aliphatic rings. The Balaban J connectivity index is 1.56. The fraction of sp³-hybridized carbons (Fsp3) is 0.367. The predicted octanol–water partition coefficient (Wildman–Crippen LogP) is 3.18. The highest BCUT2D eigenvalue weighted by molar-refractivity contribution is 7.51. The van der Waals surface area contributed by atoms with E-state index < -0.39 is 37.7 Å². The first-order chi connectivity index (χ1) is 21.1. The zero-order valence-corrected chi connectivity index (χ0v) is 25.5. The van der Waals surface area contributed by atoms with Gasteiger partial charge in [0.05, 0.1) is 25.6 Å². The molecule has 0 saturated carbocycles. The molecule has 3 aromatic rings. The lowest BCUT2D eigenvalue weighted by Crippen LogP contribution is -2.56. The van der Waals surface area contributed by atoms with E-state index in [4.69, 9.17) is 9.47 Å². The van der Waals surface area contributed by atoms with Crippen LogP contribution < -0.4 is 10.1 Å². The van der Waals surface area contributed by atoms with Crippen LogP contribution >= 0.6 is 7.60 Å². The molecule has 1 saturated heterocycles. The Morgan fingerprint density at radius 3 is 2.23 bits per heavy atom. The number of unbranched alkanes of at least 4 members (excludes halogenated alkanes) is 1. The average Bonchev–Trinajstić information content (AvgIpc) is 3.03. The van der Waals surface area contributed by atoms with Crippen molar-refractivity contribution in [3.8, 4) is 28.4 Å². The van der Waals surface area contributed by atoms with Gasteiger partial charge < -0.3 is 34.4 Å². The maximum atomic E-state index is 13.5. The van der Waals surface area contributed by atoms with Crippen molar-refractivity contribution in [1.29, 1.82) is 0 Å². The number of hydrogen-bond acceptors (Lipinski definition) is 8. The summed E-state index contributed by atoms with van der Waals surface area (Å²) in [5, 5.41) is 2.49. The molecule has 44 heavy (non-hydrogen) atoms. The van der Waals surface area contributed by atoms with Crippen molar-refractivity contribution < 1.29 is 38.2 Å². The van der Waals surface area contributed by atoms with Gasteiger partial charge in [0.2, 0.25) is 5.91 Å². The van der Waals surface area contributed by atoms with Gasteiger partial charge in [-0.2, -0.15) is 0 Å². The SMILES string of the molecule is CCCCOC(=O)N1CCN(C(=O)[C@H](CP(=O)(O)O)NC(=O)c2cc(-c3ccc(OC)cc3)nc(-c3ccccc3)n2)CC1. The number of hydrogen-bond donors (Lipinski definition) is 3. The van der Waals surface area contributed by atoms with Gasteiger partial charge in [0.25, 0.3) is 5.91 Å². The van der Waals surface area contributed by atoms with Gasteiger partial charge >= 0.3 is 13.7 Å². The summed E-state index contributed by atoms with van der Waals surface area (Å²) < 4.78 is 22.5. The molecule has 1 aromatic heterocycles. The molecule has 3 N–H and O–H groups in total. The molecule has 14 heteroatoms. The molecule has 0 radical (unpaired) electrons. The summed E-state index contributed by atoms with van der Waals surface area (Å²) >= 11 is 0. The smallest absolute Gasteiger partial charge is 0.409 e. The lowest BCUT2D eigenvalue weighted by molar-refractivity contribution is -0.134. The second kappa shape index (κ2) is 14.9. The first kappa shape index (κ1) is 32.6. The molecule has 0 unspecified atom stereocenters. The summed E-state index contributed by atoms with van der Waals surface area (Å²) in [4.78, 5) is 70.7. The fourth-order valence-electron chi connectivity index (χ4n) is 4.57. The van der Waals surface area contributed by atoms with Crippen LogP contribution in [0, 0.1) is 0 Å². The summed E-state index contributed by atoms with van der Waals surface area (Å²) in [6.45, 7) is 2.89. The van der Waals surface area contributed by atoms with E-state index >= 15 is 0 Å². The Kier molecular flexibility index (Phi) is 11.0. The van der Waals surface area contributed by atoms with E-state index in [9.17, 15) is 28.7 Å². The van der Waals surface area contributed by atoms with Crippen LogP contribution in [-0.4, -0.2) is 99.6 Å². The summed E-state index contributed by atoms with van der Waals surface area (Å²) in [5.74, 6) is -0.585. The monoisotopic (exact) mass is 625 g/mol. The quantitative estimate of drug-likeness (QED) is 0.212. The third-order valence-corrected chi connectivity index (χ3v) is 7.81.